The average Bonchev–Trinajstić information content (AvgIpc) is 3.18. The second-order valence-electron chi connectivity index (χ2n) is 7.73. The standard InChI is InChI=1S/C24H29N5O3/c1-2-32-22(30)12-13-25-24(31)28-16-14-27(15-17-28)23-26-20-10-6-7-11-21(20)29(23)18-19-8-4-3-5-9-19/h3-11H,2,12-18H2,1H3,(H,25,31). The Morgan fingerprint density at radius 1 is 1.00 bits per heavy atom. The van der Waals surface area contributed by atoms with Crippen LogP contribution >= 0.6 is 0 Å². The Morgan fingerprint density at radius 3 is 2.47 bits per heavy atom. The molecule has 0 spiro atoms. The molecule has 0 aliphatic carbocycles. The molecule has 1 N–H and O–H groups in total. The fourth-order valence-corrected chi connectivity index (χ4v) is 3.95. The van der Waals surface area contributed by atoms with E-state index >= 15 is 0 Å². The molecule has 2 aromatic carbocycles. The van der Waals surface area contributed by atoms with Crippen molar-refractivity contribution in [3.63, 3.8) is 0 Å². The number of amides is 2. The lowest BCUT2D eigenvalue weighted by Gasteiger charge is -2.35. The first-order chi connectivity index (χ1) is 15.7. The molecular formula is C24H29N5O3. The van der Waals surface area contributed by atoms with Gasteiger partial charge in [0.15, 0.2) is 0 Å². The van der Waals surface area contributed by atoms with Crippen LogP contribution in [0.2, 0.25) is 0 Å². The second kappa shape index (κ2) is 10.2. The number of imidazole rings is 1. The molecule has 32 heavy (non-hydrogen) atoms. The van der Waals surface area contributed by atoms with Gasteiger partial charge in [-0.1, -0.05) is 42.5 Å². The molecule has 0 unspecified atom stereocenters. The summed E-state index contributed by atoms with van der Waals surface area (Å²) in [6.45, 7) is 5.73. The highest BCUT2D eigenvalue weighted by Gasteiger charge is 2.25. The summed E-state index contributed by atoms with van der Waals surface area (Å²) in [5.41, 5.74) is 3.29. The van der Waals surface area contributed by atoms with Crippen LogP contribution in [-0.4, -0.2) is 65.8 Å². The SMILES string of the molecule is CCOC(=O)CCNC(=O)N1CCN(c2nc3ccccc3n2Cc2ccccc2)CC1. The third-order valence-corrected chi connectivity index (χ3v) is 5.58. The molecule has 168 valence electrons. The van der Waals surface area contributed by atoms with Crippen LogP contribution in [0.1, 0.15) is 18.9 Å². The van der Waals surface area contributed by atoms with Crippen LogP contribution in [0.3, 0.4) is 0 Å². The van der Waals surface area contributed by atoms with E-state index in [0.717, 1.165) is 23.5 Å². The number of carbonyl (C=O) groups excluding carboxylic acids is 2. The lowest BCUT2D eigenvalue weighted by atomic mass is 10.2. The largest absolute Gasteiger partial charge is 0.466 e. The number of aromatic nitrogens is 2. The first kappa shape index (κ1) is 21.7. The van der Waals surface area contributed by atoms with Crippen molar-refractivity contribution in [2.45, 2.75) is 19.9 Å². The highest BCUT2D eigenvalue weighted by Crippen LogP contribution is 2.25. The van der Waals surface area contributed by atoms with Crippen molar-refractivity contribution < 1.29 is 14.3 Å². The van der Waals surface area contributed by atoms with Gasteiger partial charge in [0.2, 0.25) is 5.95 Å². The van der Waals surface area contributed by atoms with Crippen LogP contribution in [0.5, 0.6) is 0 Å². The van der Waals surface area contributed by atoms with E-state index in [2.05, 4.69) is 33.0 Å². The average molecular weight is 436 g/mol. The molecule has 1 fully saturated rings. The highest BCUT2D eigenvalue weighted by molar-refractivity contribution is 5.79. The zero-order chi connectivity index (χ0) is 22.3. The number of anilines is 1. The molecule has 1 aliphatic heterocycles. The quantitative estimate of drug-likeness (QED) is 0.578. The molecule has 2 heterocycles. The Kier molecular flexibility index (Phi) is 6.89. The van der Waals surface area contributed by atoms with Crippen molar-refractivity contribution in [2.24, 2.45) is 0 Å². The van der Waals surface area contributed by atoms with Gasteiger partial charge in [0.1, 0.15) is 0 Å². The van der Waals surface area contributed by atoms with Crippen LogP contribution in [0.4, 0.5) is 10.7 Å². The van der Waals surface area contributed by atoms with Crippen LogP contribution in [-0.2, 0) is 16.1 Å². The minimum absolute atomic E-state index is 0.147. The topological polar surface area (TPSA) is 79.7 Å². The van der Waals surface area contributed by atoms with Gasteiger partial charge in [0.05, 0.1) is 30.6 Å². The van der Waals surface area contributed by atoms with Crippen LogP contribution in [0.15, 0.2) is 54.6 Å². The Hall–Kier alpha value is -3.55. The Labute approximate surface area is 187 Å². The number of benzene rings is 2. The minimum Gasteiger partial charge on any atom is -0.466 e. The van der Waals surface area contributed by atoms with Crippen molar-refractivity contribution in [1.82, 2.24) is 19.8 Å². The number of hydrogen-bond acceptors (Lipinski definition) is 5. The predicted octanol–water partition coefficient (Wildman–Crippen LogP) is 2.87. The first-order valence-electron chi connectivity index (χ1n) is 11.1. The lowest BCUT2D eigenvalue weighted by molar-refractivity contribution is -0.142. The van der Waals surface area contributed by atoms with E-state index in [1.54, 1.807) is 11.8 Å². The summed E-state index contributed by atoms with van der Waals surface area (Å²) >= 11 is 0. The van der Waals surface area contributed by atoms with Crippen molar-refractivity contribution in [2.75, 3.05) is 44.2 Å². The predicted molar refractivity (Wildman–Crippen MR) is 124 cm³/mol. The van der Waals surface area contributed by atoms with Crippen LogP contribution in [0.25, 0.3) is 11.0 Å². The van der Waals surface area contributed by atoms with E-state index in [1.165, 1.54) is 5.56 Å². The van der Waals surface area contributed by atoms with Gasteiger partial charge in [-0.15, -0.1) is 0 Å². The highest BCUT2D eigenvalue weighted by atomic mass is 16.5. The minimum atomic E-state index is -0.296. The lowest BCUT2D eigenvalue weighted by Crippen LogP contribution is -2.52. The van der Waals surface area contributed by atoms with Crippen molar-refractivity contribution >= 4 is 29.0 Å². The third-order valence-electron chi connectivity index (χ3n) is 5.58. The Balaban J connectivity index is 1.41. The summed E-state index contributed by atoms with van der Waals surface area (Å²) in [5.74, 6) is 0.632. The fourth-order valence-electron chi connectivity index (χ4n) is 3.95. The van der Waals surface area contributed by atoms with Gasteiger partial charge >= 0.3 is 12.0 Å². The molecule has 0 radical (unpaired) electrons. The number of esters is 1. The molecule has 2 amide bonds. The number of urea groups is 1. The van der Waals surface area contributed by atoms with Gasteiger partial charge in [0, 0.05) is 32.7 Å². The summed E-state index contributed by atoms with van der Waals surface area (Å²) in [5, 5.41) is 2.81. The summed E-state index contributed by atoms with van der Waals surface area (Å²) < 4.78 is 7.14. The van der Waals surface area contributed by atoms with Gasteiger partial charge < -0.3 is 24.4 Å². The van der Waals surface area contributed by atoms with Crippen molar-refractivity contribution in [1.29, 1.82) is 0 Å². The van der Waals surface area contributed by atoms with Crippen molar-refractivity contribution in [3.05, 3.63) is 60.2 Å². The summed E-state index contributed by atoms with van der Waals surface area (Å²) in [7, 11) is 0. The number of carbonyl (C=O) groups is 2. The monoisotopic (exact) mass is 435 g/mol. The molecule has 8 nitrogen and oxygen atoms in total. The number of piperazine rings is 1. The summed E-state index contributed by atoms with van der Waals surface area (Å²) in [4.78, 5) is 32.8. The zero-order valence-electron chi connectivity index (χ0n) is 18.4. The molecule has 1 saturated heterocycles. The van der Waals surface area contributed by atoms with E-state index in [9.17, 15) is 9.59 Å². The normalized spacial score (nSPS) is 13.9. The first-order valence-corrected chi connectivity index (χ1v) is 11.1. The number of para-hydroxylation sites is 2. The van der Waals surface area contributed by atoms with Gasteiger partial charge in [-0.25, -0.2) is 9.78 Å². The summed E-state index contributed by atoms with van der Waals surface area (Å²) in [6, 6.07) is 18.4. The number of nitrogens with one attached hydrogen (secondary N) is 1. The molecule has 1 aliphatic rings. The van der Waals surface area contributed by atoms with E-state index in [1.807, 2.05) is 36.4 Å². The molecule has 0 saturated carbocycles. The Morgan fingerprint density at radius 2 is 1.72 bits per heavy atom. The maximum Gasteiger partial charge on any atom is 0.317 e. The molecular weight excluding hydrogens is 406 g/mol. The summed E-state index contributed by atoms with van der Waals surface area (Å²) in [6.07, 6.45) is 0.184. The van der Waals surface area contributed by atoms with Gasteiger partial charge in [0.25, 0.3) is 0 Å². The number of fused-ring (bicyclic) bond motifs is 1. The maximum absolute atomic E-state index is 12.5. The van der Waals surface area contributed by atoms with Crippen LogP contribution in [0, 0.1) is 0 Å². The second-order valence-corrected chi connectivity index (χ2v) is 7.73. The van der Waals surface area contributed by atoms with Gasteiger partial charge in [-0.3, -0.25) is 4.79 Å². The van der Waals surface area contributed by atoms with Gasteiger partial charge in [-0.05, 0) is 24.6 Å². The van der Waals surface area contributed by atoms with Gasteiger partial charge in [-0.2, -0.15) is 0 Å². The molecule has 3 aromatic rings. The van der Waals surface area contributed by atoms with E-state index < -0.39 is 0 Å². The molecule has 4 rings (SSSR count). The van der Waals surface area contributed by atoms with E-state index in [-0.39, 0.29) is 25.0 Å². The number of ether oxygens (including phenoxy) is 1. The molecule has 8 heteroatoms. The van der Waals surface area contributed by atoms with Crippen LogP contribution < -0.4 is 10.2 Å². The smallest absolute Gasteiger partial charge is 0.317 e. The number of rotatable bonds is 7. The third kappa shape index (κ3) is 5.01. The number of hydrogen-bond donors (Lipinski definition) is 1. The molecule has 0 atom stereocenters. The molecule has 1 aromatic heterocycles. The molecule has 0 bridgehead atoms. The van der Waals surface area contributed by atoms with E-state index in [4.69, 9.17) is 9.72 Å². The zero-order valence-corrected chi connectivity index (χ0v) is 18.4. The van der Waals surface area contributed by atoms with Crippen molar-refractivity contribution in [3.8, 4) is 0 Å². The maximum atomic E-state index is 12.5. The Bertz CT molecular complexity index is 1060. The van der Waals surface area contributed by atoms with E-state index in [0.29, 0.717) is 32.8 Å². The fraction of sp³-hybridized carbons (Fsp3) is 0.375. The number of nitrogens with zero attached hydrogens (tertiary/aromatic N) is 4.